The number of ketones is 1. The lowest BCUT2D eigenvalue weighted by Gasteiger charge is -1.68. The van der Waals surface area contributed by atoms with E-state index in [4.69, 9.17) is 22.3 Å². The van der Waals surface area contributed by atoms with Crippen LogP contribution in [0.4, 0.5) is 0 Å². The summed E-state index contributed by atoms with van der Waals surface area (Å²) in [6.45, 7) is 5.06. The summed E-state index contributed by atoms with van der Waals surface area (Å²) in [6.07, 6.45) is 0. The standard InChI is InChI=1S/C3H6O.CH2O.H2O4S/c1-3(2)4;1-2;1-5(2,3)4/h1-2H3;1H2;(H2,1,2,3,4). The Bertz CT molecular complexity index is 169. The van der Waals surface area contributed by atoms with Crippen LogP contribution < -0.4 is 0 Å². The first-order valence-corrected chi connectivity index (χ1v) is 3.59. The van der Waals surface area contributed by atoms with Crippen molar-refractivity contribution in [1.29, 1.82) is 0 Å². The van der Waals surface area contributed by atoms with Crippen molar-refractivity contribution >= 4 is 23.0 Å². The molecule has 0 heterocycles. The molecule has 0 spiro atoms. The van der Waals surface area contributed by atoms with Crippen LogP contribution >= 0.6 is 0 Å². The van der Waals surface area contributed by atoms with Gasteiger partial charge in [0.2, 0.25) is 0 Å². The van der Waals surface area contributed by atoms with Gasteiger partial charge in [0, 0.05) is 0 Å². The van der Waals surface area contributed by atoms with E-state index >= 15 is 0 Å². The molecule has 6 nitrogen and oxygen atoms in total. The van der Waals surface area contributed by atoms with Crippen LogP contribution in [0.3, 0.4) is 0 Å². The molecule has 0 atom stereocenters. The molecule has 0 aromatic rings. The molecule has 0 aliphatic heterocycles. The molecular formula is C4H10O6S. The Morgan fingerprint density at radius 3 is 1.18 bits per heavy atom. The smallest absolute Gasteiger partial charge is 0.307 e. The molecule has 0 unspecified atom stereocenters. The van der Waals surface area contributed by atoms with Crippen LogP contribution in [0.15, 0.2) is 0 Å². The van der Waals surface area contributed by atoms with E-state index in [0.29, 0.717) is 0 Å². The molecule has 0 bridgehead atoms. The van der Waals surface area contributed by atoms with Crippen LogP contribution in [0.1, 0.15) is 13.8 Å². The number of carbonyl (C=O) groups excluding carboxylic acids is 2. The molecule has 0 aliphatic carbocycles. The molecule has 0 aromatic carbocycles. The Morgan fingerprint density at radius 2 is 1.18 bits per heavy atom. The molecule has 2 N–H and O–H groups in total. The first-order chi connectivity index (χ1) is 4.73. The number of carbonyl (C=O) groups is 2. The predicted octanol–water partition coefficient (Wildman–Crippen LogP) is -0.242. The molecule has 0 rings (SSSR count). The fourth-order valence-electron chi connectivity index (χ4n) is 0. The molecule has 0 aromatic heterocycles. The van der Waals surface area contributed by atoms with Gasteiger partial charge in [-0.1, -0.05) is 0 Å². The average molecular weight is 186 g/mol. The van der Waals surface area contributed by atoms with Gasteiger partial charge in [0.05, 0.1) is 0 Å². The summed E-state index contributed by atoms with van der Waals surface area (Å²) in [5.41, 5.74) is 0. The van der Waals surface area contributed by atoms with Gasteiger partial charge in [-0.15, -0.1) is 0 Å². The summed E-state index contributed by atoms with van der Waals surface area (Å²) in [5.74, 6) is 0.167. The number of hydrogen-bond acceptors (Lipinski definition) is 4. The summed E-state index contributed by atoms with van der Waals surface area (Å²) in [4.78, 5) is 17.4. The van der Waals surface area contributed by atoms with Crippen molar-refractivity contribution in [2.45, 2.75) is 13.8 Å². The van der Waals surface area contributed by atoms with Gasteiger partial charge in [0.1, 0.15) is 12.6 Å². The minimum absolute atomic E-state index is 0.167. The van der Waals surface area contributed by atoms with Crippen molar-refractivity contribution in [2.75, 3.05) is 0 Å². The van der Waals surface area contributed by atoms with Crippen LogP contribution in [0.2, 0.25) is 0 Å². The highest BCUT2D eigenvalue weighted by atomic mass is 32.3. The van der Waals surface area contributed by atoms with E-state index in [0.717, 1.165) is 0 Å². The Labute approximate surface area is 64.8 Å². The van der Waals surface area contributed by atoms with Crippen LogP contribution in [0, 0.1) is 0 Å². The first kappa shape index (κ1) is 16.7. The van der Waals surface area contributed by atoms with E-state index in [1.807, 2.05) is 6.79 Å². The maximum absolute atomic E-state index is 9.44. The van der Waals surface area contributed by atoms with Crippen molar-refractivity contribution in [3.05, 3.63) is 0 Å². The number of hydrogen-bond donors (Lipinski definition) is 2. The van der Waals surface area contributed by atoms with E-state index in [1.165, 1.54) is 13.8 Å². The minimum atomic E-state index is -4.67. The highest BCUT2D eigenvalue weighted by molar-refractivity contribution is 7.79. The summed E-state index contributed by atoms with van der Waals surface area (Å²) < 4.78 is 31.6. The largest absolute Gasteiger partial charge is 0.394 e. The fourth-order valence-corrected chi connectivity index (χ4v) is 0. The van der Waals surface area contributed by atoms with E-state index in [1.54, 1.807) is 0 Å². The first-order valence-electron chi connectivity index (χ1n) is 2.19. The molecule has 0 saturated heterocycles. The molecule has 11 heavy (non-hydrogen) atoms. The summed E-state index contributed by atoms with van der Waals surface area (Å²) in [6, 6.07) is 0. The maximum Gasteiger partial charge on any atom is 0.394 e. The lowest BCUT2D eigenvalue weighted by Crippen LogP contribution is -1.89. The van der Waals surface area contributed by atoms with E-state index in [-0.39, 0.29) is 5.78 Å². The lowest BCUT2D eigenvalue weighted by molar-refractivity contribution is -0.115. The van der Waals surface area contributed by atoms with Crippen LogP contribution in [0.25, 0.3) is 0 Å². The third-order valence-electron chi connectivity index (χ3n) is 0. The fraction of sp³-hybridized carbons (Fsp3) is 0.500. The van der Waals surface area contributed by atoms with Gasteiger partial charge in [-0.25, -0.2) is 0 Å². The molecular weight excluding hydrogens is 176 g/mol. The summed E-state index contributed by atoms with van der Waals surface area (Å²) >= 11 is 0. The lowest BCUT2D eigenvalue weighted by atomic mass is 10.6. The molecule has 68 valence electrons. The highest BCUT2D eigenvalue weighted by Crippen LogP contribution is 1.59. The number of rotatable bonds is 0. The normalized spacial score (nSPS) is 8.00. The Morgan fingerprint density at radius 1 is 1.18 bits per heavy atom. The zero-order valence-electron chi connectivity index (χ0n) is 6.14. The SMILES string of the molecule is C=O.CC(C)=O.O=S(=O)(O)O. The Kier molecular flexibility index (Phi) is 13.9. The monoisotopic (exact) mass is 186 g/mol. The van der Waals surface area contributed by atoms with Gasteiger partial charge in [-0.2, -0.15) is 8.42 Å². The third-order valence-corrected chi connectivity index (χ3v) is 0. The number of Topliss-reactive ketones (excluding diaryl/α,β-unsaturated/α-hetero) is 1. The van der Waals surface area contributed by atoms with E-state index in [2.05, 4.69) is 0 Å². The van der Waals surface area contributed by atoms with Gasteiger partial charge in [0.25, 0.3) is 0 Å². The van der Waals surface area contributed by atoms with Crippen LogP contribution in [0.5, 0.6) is 0 Å². The van der Waals surface area contributed by atoms with Gasteiger partial charge in [-0.05, 0) is 13.8 Å². The summed E-state index contributed by atoms with van der Waals surface area (Å²) in [7, 11) is -4.67. The topological polar surface area (TPSA) is 109 Å². The second kappa shape index (κ2) is 9.21. The van der Waals surface area contributed by atoms with Crippen molar-refractivity contribution in [3.8, 4) is 0 Å². The zero-order valence-corrected chi connectivity index (χ0v) is 6.96. The highest BCUT2D eigenvalue weighted by Gasteiger charge is 1.84. The van der Waals surface area contributed by atoms with Crippen molar-refractivity contribution in [1.82, 2.24) is 0 Å². The maximum atomic E-state index is 9.44. The molecule has 0 aliphatic rings. The molecule has 0 radical (unpaired) electrons. The van der Waals surface area contributed by atoms with Crippen molar-refractivity contribution in [3.63, 3.8) is 0 Å². The zero-order chi connectivity index (χ0) is 10.1. The second-order valence-electron chi connectivity index (χ2n) is 1.36. The molecule has 0 amide bonds. The molecule has 0 saturated carbocycles. The average Bonchev–Trinajstić information content (AvgIpc) is 1.63. The van der Waals surface area contributed by atoms with Gasteiger partial charge in [-0.3, -0.25) is 9.11 Å². The molecule has 7 heteroatoms. The van der Waals surface area contributed by atoms with Crippen molar-refractivity contribution < 1.29 is 27.1 Å². The quantitative estimate of drug-likeness (QED) is 0.505. The van der Waals surface area contributed by atoms with E-state index < -0.39 is 10.4 Å². The second-order valence-corrected chi connectivity index (χ2v) is 2.25. The van der Waals surface area contributed by atoms with Gasteiger partial charge >= 0.3 is 10.4 Å². The molecule has 0 fully saturated rings. The Balaban J connectivity index is -0.0000000965. The third kappa shape index (κ3) is 767. The minimum Gasteiger partial charge on any atom is -0.307 e. The van der Waals surface area contributed by atoms with Gasteiger partial charge < -0.3 is 9.59 Å². The van der Waals surface area contributed by atoms with Crippen molar-refractivity contribution in [2.24, 2.45) is 0 Å². The van der Waals surface area contributed by atoms with E-state index in [9.17, 15) is 4.79 Å². The Hall–Kier alpha value is -0.790. The predicted molar refractivity (Wildman–Crippen MR) is 37.7 cm³/mol. The van der Waals surface area contributed by atoms with Crippen LogP contribution in [-0.4, -0.2) is 30.1 Å². The van der Waals surface area contributed by atoms with Gasteiger partial charge in [0.15, 0.2) is 0 Å². The van der Waals surface area contributed by atoms with Crippen LogP contribution in [-0.2, 0) is 20.0 Å². The summed E-state index contributed by atoms with van der Waals surface area (Å²) in [5, 5.41) is 0.